The summed E-state index contributed by atoms with van der Waals surface area (Å²) in [5.74, 6) is -1.10. The van der Waals surface area contributed by atoms with Crippen LogP contribution in [0.5, 0.6) is 0 Å². The summed E-state index contributed by atoms with van der Waals surface area (Å²) in [6.07, 6.45) is 21.3. The third-order valence-corrected chi connectivity index (χ3v) is 11.6. The molecule has 14 heteroatoms. The lowest BCUT2D eigenvalue weighted by atomic mass is 9.85. The van der Waals surface area contributed by atoms with Crippen molar-refractivity contribution < 1.29 is 63.1 Å². The summed E-state index contributed by atoms with van der Waals surface area (Å²) >= 11 is 0. The first kappa shape index (κ1) is 53.6. The summed E-state index contributed by atoms with van der Waals surface area (Å²) in [6.45, 7) is 3.27. The molecule has 1 aliphatic rings. The van der Waals surface area contributed by atoms with Gasteiger partial charge in [0, 0.05) is 12.8 Å². The number of esters is 2. The van der Waals surface area contributed by atoms with Crippen LogP contribution in [-0.2, 0) is 32.7 Å². The molecule has 6 N–H and O–H groups in total. The molecular weight excluding hydrogens is 755 g/mol. The zero-order valence-corrected chi connectivity index (χ0v) is 36.3. The molecule has 13 nitrogen and oxygen atoms in total. The van der Waals surface area contributed by atoms with E-state index in [0.29, 0.717) is 12.8 Å². The molecule has 0 aliphatic heterocycles. The van der Waals surface area contributed by atoms with Gasteiger partial charge in [0.1, 0.15) is 43.2 Å². The highest BCUT2D eigenvalue weighted by Crippen LogP contribution is 2.47. The predicted octanol–water partition coefficient (Wildman–Crippen LogP) is 8.28. The van der Waals surface area contributed by atoms with Crippen molar-refractivity contribution in [1.82, 2.24) is 0 Å². The maximum Gasteiger partial charge on any atom is 0.472 e. The van der Waals surface area contributed by atoms with Gasteiger partial charge in [-0.15, -0.1) is 0 Å². The quantitative estimate of drug-likeness (QED) is 0.0151. The summed E-state index contributed by atoms with van der Waals surface area (Å²) in [5, 5.41) is 50.1. The smallest absolute Gasteiger partial charge is 0.462 e. The van der Waals surface area contributed by atoms with Gasteiger partial charge in [-0.25, -0.2) is 4.57 Å². The summed E-state index contributed by atoms with van der Waals surface area (Å²) < 4.78 is 33.5. The van der Waals surface area contributed by atoms with Gasteiger partial charge >= 0.3 is 19.8 Å². The van der Waals surface area contributed by atoms with Crippen LogP contribution in [0.15, 0.2) is 12.2 Å². The van der Waals surface area contributed by atoms with Crippen LogP contribution in [0.25, 0.3) is 0 Å². The normalized spacial score (nSPS) is 22.7. The van der Waals surface area contributed by atoms with E-state index in [4.69, 9.17) is 18.5 Å². The van der Waals surface area contributed by atoms with Gasteiger partial charge in [-0.05, 0) is 38.5 Å². The summed E-state index contributed by atoms with van der Waals surface area (Å²) in [4.78, 5) is 35.6. The number of aliphatic hydroxyl groups is 5. The van der Waals surface area contributed by atoms with E-state index in [-0.39, 0.29) is 12.8 Å². The Kier molecular flexibility index (Phi) is 32.3. The second-order valence-electron chi connectivity index (χ2n) is 15.9. The molecular formula is C43H81O13P. The van der Waals surface area contributed by atoms with Crippen molar-refractivity contribution in [1.29, 1.82) is 0 Å². The summed E-state index contributed by atoms with van der Waals surface area (Å²) in [5.41, 5.74) is 0. The lowest BCUT2D eigenvalue weighted by molar-refractivity contribution is -0.220. The Labute approximate surface area is 343 Å². The molecule has 1 aliphatic carbocycles. The highest BCUT2D eigenvalue weighted by atomic mass is 31.2. The molecule has 8 atom stereocenters. The number of hydrogen-bond donors (Lipinski definition) is 6. The fraction of sp³-hybridized carbons (Fsp3) is 0.907. The number of ether oxygens (including phenoxy) is 2. The van der Waals surface area contributed by atoms with Crippen molar-refractivity contribution in [2.75, 3.05) is 13.2 Å². The van der Waals surface area contributed by atoms with Crippen LogP contribution in [0.2, 0.25) is 0 Å². The number of allylic oxidation sites excluding steroid dienone is 2. The van der Waals surface area contributed by atoms with Gasteiger partial charge in [0.15, 0.2) is 6.10 Å². The van der Waals surface area contributed by atoms with Crippen molar-refractivity contribution in [2.24, 2.45) is 0 Å². The minimum atomic E-state index is -5.11. The van der Waals surface area contributed by atoms with Gasteiger partial charge in [0.25, 0.3) is 0 Å². The summed E-state index contributed by atoms with van der Waals surface area (Å²) in [6, 6.07) is 0. The minimum absolute atomic E-state index is 0.0901. The fourth-order valence-corrected chi connectivity index (χ4v) is 7.90. The predicted molar refractivity (Wildman–Crippen MR) is 221 cm³/mol. The molecule has 1 rings (SSSR count). The van der Waals surface area contributed by atoms with E-state index in [0.717, 1.165) is 57.8 Å². The van der Waals surface area contributed by atoms with E-state index in [1.54, 1.807) is 0 Å². The standard InChI is InChI=1S/C43H81O13P/c1-3-5-7-9-11-13-15-17-18-19-20-22-23-25-27-29-31-36(44)53-33-35(55-37(45)32-30-28-26-24-21-16-14-12-10-8-6-4-2)34-54-57(51,52)56-43-41(49)39(47)38(46)40(48)42(43)50/h12,14,35,38-43,46-50H,3-11,13,15-34H2,1-2H3,(H,51,52)/b14-12-/t35-,38?,39-,40?,41?,42?,43?/m1/s1. The van der Waals surface area contributed by atoms with E-state index in [1.807, 2.05) is 0 Å². The zero-order valence-electron chi connectivity index (χ0n) is 35.4. The van der Waals surface area contributed by atoms with E-state index in [2.05, 4.69) is 26.0 Å². The van der Waals surface area contributed by atoms with E-state index < -0.39 is 75.7 Å². The number of hydrogen-bond acceptors (Lipinski definition) is 12. The third kappa shape index (κ3) is 27.1. The van der Waals surface area contributed by atoms with Crippen molar-refractivity contribution in [3.8, 4) is 0 Å². The first-order valence-corrected chi connectivity index (χ1v) is 24.0. The Morgan fingerprint density at radius 2 is 0.895 bits per heavy atom. The molecule has 336 valence electrons. The molecule has 0 bridgehead atoms. The van der Waals surface area contributed by atoms with Crippen LogP contribution in [-0.4, -0.2) is 98.3 Å². The Balaban J connectivity index is 2.45. The monoisotopic (exact) mass is 837 g/mol. The van der Waals surface area contributed by atoms with E-state index >= 15 is 0 Å². The van der Waals surface area contributed by atoms with Crippen LogP contribution >= 0.6 is 7.82 Å². The Morgan fingerprint density at radius 1 is 0.526 bits per heavy atom. The minimum Gasteiger partial charge on any atom is -0.462 e. The second kappa shape index (κ2) is 34.3. The van der Waals surface area contributed by atoms with Crippen molar-refractivity contribution in [3.05, 3.63) is 12.2 Å². The molecule has 0 amide bonds. The zero-order chi connectivity index (χ0) is 42.2. The Morgan fingerprint density at radius 3 is 1.37 bits per heavy atom. The second-order valence-corrected chi connectivity index (χ2v) is 17.3. The van der Waals surface area contributed by atoms with E-state index in [1.165, 1.54) is 96.3 Å². The molecule has 0 radical (unpaired) electrons. The van der Waals surface area contributed by atoms with Gasteiger partial charge < -0.3 is 39.9 Å². The van der Waals surface area contributed by atoms with Gasteiger partial charge in [0.2, 0.25) is 0 Å². The first-order chi connectivity index (χ1) is 27.4. The van der Waals surface area contributed by atoms with Gasteiger partial charge in [-0.3, -0.25) is 18.6 Å². The number of carbonyl (C=O) groups is 2. The Bertz CT molecular complexity index is 1060. The van der Waals surface area contributed by atoms with E-state index in [9.17, 15) is 44.6 Å². The maximum atomic E-state index is 12.8. The average Bonchev–Trinajstić information content (AvgIpc) is 3.19. The molecule has 57 heavy (non-hydrogen) atoms. The molecule has 0 aromatic carbocycles. The first-order valence-electron chi connectivity index (χ1n) is 22.5. The molecule has 1 saturated carbocycles. The van der Waals surface area contributed by atoms with Crippen LogP contribution in [0.1, 0.15) is 194 Å². The lowest BCUT2D eigenvalue weighted by Crippen LogP contribution is -2.64. The molecule has 6 unspecified atom stereocenters. The van der Waals surface area contributed by atoms with Crippen LogP contribution in [0.4, 0.5) is 0 Å². The van der Waals surface area contributed by atoms with Crippen molar-refractivity contribution >= 4 is 19.8 Å². The van der Waals surface area contributed by atoms with Gasteiger partial charge in [-0.1, -0.05) is 154 Å². The molecule has 1 fully saturated rings. The molecule has 0 heterocycles. The highest BCUT2D eigenvalue weighted by molar-refractivity contribution is 7.47. The Hall–Kier alpha value is -1.41. The summed E-state index contributed by atoms with van der Waals surface area (Å²) in [7, 11) is -5.11. The number of unbranched alkanes of at least 4 members (excludes halogenated alkanes) is 23. The largest absolute Gasteiger partial charge is 0.472 e. The number of aliphatic hydroxyl groups excluding tert-OH is 5. The molecule has 0 aromatic heterocycles. The van der Waals surface area contributed by atoms with Crippen LogP contribution in [0, 0.1) is 0 Å². The van der Waals surface area contributed by atoms with Gasteiger partial charge in [-0.2, -0.15) is 0 Å². The molecule has 0 saturated heterocycles. The third-order valence-electron chi connectivity index (χ3n) is 10.6. The molecule has 0 spiro atoms. The highest BCUT2D eigenvalue weighted by Gasteiger charge is 2.51. The number of phosphoric ester groups is 1. The lowest BCUT2D eigenvalue weighted by Gasteiger charge is -2.41. The van der Waals surface area contributed by atoms with Crippen molar-refractivity contribution in [2.45, 2.75) is 236 Å². The average molecular weight is 837 g/mol. The van der Waals surface area contributed by atoms with Crippen LogP contribution < -0.4 is 0 Å². The maximum absolute atomic E-state index is 12.8. The number of carbonyl (C=O) groups excluding carboxylic acids is 2. The number of rotatable bonds is 37. The fourth-order valence-electron chi connectivity index (χ4n) is 6.93. The van der Waals surface area contributed by atoms with Crippen molar-refractivity contribution in [3.63, 3.8) is 0 Å². The molecule has 0 aromatic rings. The number of phosphoric acid groups is 1. The SMILES string of the molecule is CCCCC/C=C\CCCCCCCC(=O)O[C@H](COC(=O)CCCCCCCCCCCCCCCCCC)COP(=O)(O)OC1C(O)C(O)C(O)[C@@H](O)C1O. The van der Waals surface area contributed by atoms with Gasteiger partial charge in [0.05, 0.1) is 6.61 Å². The topological polar surface area (TPSA) is 210 Å². The van der Waals surface area contributed by atoms with Crippen LogP contribution in [0.3, 0.4) is 0 Å².